The van der Waals surface area contributed by atoms with Gasteiger partial charge in [0.2, 0.25) is 11.8 Å². The molecule has 0 saturated carbocycles. The van der Waals surface area contributed by atoms with Gasteiger partial charge < -0.3 is 19.7 Å². The molecular formula is C32H39N3O6S. The molecule has 0 unspecified atom stereocenters. The zero-order chi connectivity index (χ0) is 30.3. The van der Waals surface area contributed by atoms with Gasteiger partial charge in [-0.15, -0.1) is 0 Å². The van der Waals surface area contributed by atoms with Crippen molar-refractivity contribution in [2.75, 3.05) is 24.1 Å². The molecule has 3 aromatic rings. The zero-order valence-electron chi connectivity index (χ0n) is 24.6. The van der Waals surface area contributed by atoms with Crippen LogP contribution in [0.3, 0.4) is 0 Å². The van der Waals surface area contributed by atoms with Crippen molar-refractivity contribution in [2.45, 2.75) is 64.1 Å². The number of hydrogen-bond acceptors (Lipinski definition) is 6. The van der Waals surface area contributed by atoms with Crippen molar-refractivity contribution in [2.24, 2.45) is 0 Å². The van der Waals surface area contributed by atoms with Crippen molar-refractivity contribution in [3.8, 4) is 11.5 Å². The van der Waals surface area contributed by atoms with Crippen LogP contribution in [0.25, 0.3) is 0 Å². The van der Waals surface area contributed by atoms with E-state index in [-0.39, 0.29) is 29.1 Å². The van der Waals surface area contributed by atoms with E-state index in [1.807, 2.05) is 52.0 Å². The second kappa shape index (κ2) is 13.7. The van der Waals surface area contributed by atoms with E-state index in [0.29, 0.717) is 31.1 Å². The number of rotatable bonds is 12. The number of fused-ring (bicyclic) bond motifs is 1. The molecule has 0 saturated heterocycles. The molecule has 0 aromatic heterocycles. The fraction of sp³-hybridized carbons (Fsp3) is 0.375. The van der Waals surface area contributed by atoms with Gasteiger partial charge in [0.05, 0.1) is 10.6 Å². The molecule has 42 heavy (non-hydrogen) atoms. The molecule has 9 nitrogen and oxygen atoms in total. The molecule has 0 fully saturated rings. The van der Waals surface area contributed by atoms with Gasteiger partial charge in [-0.1, -0.05) is 61.9 Å². The molecule has 10 heteroatoms. The van der Waals surface area contributed by atoms with Gasteiger partial charge >= 0.3 is 0 Å². The lowest BCUT2D eigenvalue weighted by atomic mass is 10.1. The first-order chi connectivity index (χ1) is 20.1. The largest absolute Gasteiger partial charge is 0.486 e. The maximum atomic E-state index is 14.2. The van der Waals surface area contributed by atoms with Crippen LogP contribution in [0.2, 0.25) is 0 Å². The Morgan fingerprint density at radius 3 is 2.29 bits per heavy atom. The lowest BCUT2D eigenvalue weighted by Gasteiger charge is -2.34. The van der Waals surface area contributed by atoms with E-state index in [9.17, 15) is 18.0 Å². The number of ether oxygens (including phenoxy) is 2. The molecule has 1 N–H and O–H groups in total. The number of hydrogen-bond donors (Lipinski definition) is 1. The van der Waals surface area contributed by atoms with Crippen LogP contribution in [0, 0.1) is 6.92 Å². The third-order valence-corrected chi connectivity index (χ3v) is 9.03. The molecule has 4 rings (SSSR count). The topological polar surface area (TPSA) is 105 Å². The predicted octanol–water partition coefficient (Wildman–Crippen LogP) is 4.68. The number of benzene rings is 3. The van der Waals surface area contributed by atoms with Gasteiger partial charge in [0.15, 0.2) is 11.5 Å². The van der Waals surface area contributed by atoms with Gasteiger partial charge in [-0.3, -0.25) is 13.9 Å². The molecule has 2 atom stereocenters. The summed E-state index contributed by atoms with van der Waals surface area (Å²) in [4.78, 5) is 29.2. The molecule has 224 valence electrons. The van der Waals surface area contributed by atoms with E-state index in [0.717, 1.165) is 21.9 Å². The van der Waals surface area contributed by atoms with Crippen LogP contribution < -0.4 is 19.1 Å². The number of aryl methyl sites for hydroxylation is 1. The van der Waals surface area contributed by atoms with Gasteiger partial charge in [-0.2, -0.15) is 0 Å². The minimum absolute atomic E-state index is 0.0412. The van der Waals surface area contributed by atoms with E-state index < -0.39 is 28.5 Å². The summed E-state index contributed by atoms with van der Waals surface area (Å²) >= 11 is 0. The zero-order valence-corrected chi connectivity index (χ0v) is 25.4. The fourth-order valence-corrected chi connectivity index (χ4v) is 6.23. The van der Waals surface area contributed by atoms with Crippen LogP contribution in [0.1, 0.15) is 44.7 Å². The highest BCUT2D eigenvalue weighted by molar-refractivity contribution is 7.92. The monoisotopic (exact) mass is 593 g/mol. The average Bonchev–Trinajstić information content (AvgIpc) is 2.99. The first-order valence-electron chi connectivity index (χ1n) is 14.3. The SMILES string of the molecule is CC[C@@H](C)NC(=O)[C@@H](CC)N(Cc1cccc(C)c1)C(=O)CN(c1ccc2c(c1)OCCO2)S(=O)(=O)c1ccccc1. The van der Waals surface area contributed by atoms with Gasteiger partial charge in [-0.05, 0) is 56.5 Å². The molecule has 0 spiro atoms. The van der Waals surface area contributed by atoms with E-state index in [1.165, 1.54) is 17.0 Å². The maximum absolute atomic E-state index is 14.2. The van der Waals surface area contributed by atoms with Crippen LogP contribution in [-0.4, -0.2) is 57.0 Å². The number of anilines is 1. The van der Waals surface area contributed by atoms with Crippen molar-refractivity contribution in [3.05, 3.63) is 83.9 Å². The average molecular weight is 594 g/mol. The Balaban J connectivity index is 1.75. The lowest BCUT2D eigenvalue weighted by Crippen LogP contribution is -2.53. The molecule has 0 radical (unpaired) electrons. The second-order valence-corrected chi connectivity index (χ2v) is 12.3. The van der Waals surface area contributed by atoms with E-state index in [1.54, 1.807) is 36.4 Å². The Labute approximate surface area is 248 Å². The Kier molecular flexibility index (Phi) is 10.1. The minimum Gasteiger partial charge on any atom is -0.486 e. The molecule has 0 bridgehead atoms. The van der Waals surface area contributed by atoms with E-state index in [2.05, 4.69) is 5.32 Å². The quantitative estimate of drug-likeness (QED) is 0.327. The van der Waals surface area contributed by atoms with Crippen LogP contribution >= 0.6 is 0 Å². The van der Waals surface area contributed by atoms with Crippen molar-refractivity contribution >= 4 is 27.5 Å². The van der Waals surface area contributed by atoms with Gasteiger partial charge in [0.25, 0.3) is 10.0 Å². The highest BCUT2D eigenvalue weighted by Crippen LogP contribution is 2.36. The second-order valence-electron chi connectivity index (χ2n) is 10.4. The number of amides is 2. The Morgan fingerprint density at radius 1 is 0.905 bits per heavy atom. The molecule has 2 amide bonds. The first-order valence-corrected chi connectivity index (χ1v) is 15.7. The third-order valence-electron chi connectivity index (χ3n) is 7.25. The number of nitrogens with zero attached hydrogens (tertiary/aromatic N) is 2. The number of carbonyl (C=O) groups is 2. The normalized spacial score (nSPS) is 14.0. The molecule has 0 aliphatic carbocycles. The predicted molar refractivity (Wildman–Crippen MR) is 162 cm³/mol. The first kappa shape index (κ1) is 30.9. The molecule has 3 aromatic carbocycles. The van der Waals surface area contributed by atoms with Crippen LogP contribution in [0.4, 0.5) is 5.69 Å². The van der Waals surface area contributed by atoms with Crippen LogP contribution in [-0.2, 0) is 26.2 Å². The summed E-state index contributed by atoms with van der Waals surface area (Å²) < 4.78 is 40.5. The summed E-state index contributed by atoms with van der Waals surface area (Å²) in [5.41, 5.74) is 2.11. The molecule has 1 heterocycles. The van der Waals surface area contributed by atoms with Crippen molar-refractivity contribution < 1.29 is 27.5 Å². The number of carbonyl (C=O) groups excluding carboxylic acids is 2. The van der Waals surface area contributed by atoms with Crippen LogP contribution in [0.5, 0.6) is 11.5 Å². The van der Waals surface area contributed by atoms with Crippen molar-refractivity contribution in [3.63, 3.8) is 0 Å². The lowest BCUT2D eigenvalue weighted by molar-refractivity contribution is -0.140. The molecule has 1 aliphatic heterocycles. The molecule has 1 aliphatic rings. The van der Waals surface area contributed by atoms with E-state index >= 15 is 0 Å². The highest BCUT2D eigenvalue weighted by Gasteiger charge is 2.34. The van der Waals surface area contributed by atoms with Gasteiger partial charge in [0, 0.05) is 18.7 Å². The van der Waals surface area contributed by atoms with Gasteiger partial charge in [0.1, 0.15) is 25.8 Å². The Hall–Kier alpha value is -4.05. The molecular weight excluding hydrogens is 554 g/mol. The highest BCUT2D eigenvalue weighted by atomic mass is 32.2. The van der Waals surface area contributed by atoms with Crippen LogP contribution in [0.15, 0.2) is 77.7 Å². The summed E-state index contributed by atoms with van der Waals surface area (Å²) in [5, 5.41) is 2.99. The van der Waals surface area contributed by atoms with E-state index in [4.69, 9.17) is 9.47 Å². The summed E-state index contributed by atoms with van der Waals surface area (Å²) in [6.45, 7) is 8.03. The summed E-state index contributed by atoms with van der Waals surface area (Å²) in [6, 6.07) is 19.6. The minimum atomic E-state index is -4.18. The summed E-state index contributed by atoms with van der Waals surface area (Å²) in [7, 11) is -4.18. The standard InChI is InChI=1S/C32H39N3O6S/c1-5-24(4)33-32(37)28(6-2)34(21-25-12-10-11-23(3)19-25)31(36)22-35(42(38,39)27-13-8-7-9-14-27)26-15-16-29-30(20-26)41-18-17-40-29/h7-16,19-20,24,28H,5-6,17-18,21-22H2,1-4H3,(H,33,37)/t24-,28-/m1/s1. The van der Waals surface area contributed by atoms with Gasteiger partial charge in [-0.25, -0.2) is 8.42 Å². The smallest absolute Gasteiger partial charge is 0.264 e. The Morgan fingerprint density at radius 2 is 1.62 bits per heavy atom. The van der Waals surface area contributed by atoms with Crippen molar-refractivity contribution in [1.29, 1.82) is 0 Å². The fourth-order valence-electron chi connectivity index (χ4n) is 4.80. The maximum Gasteiger partial charge on any atom is 0.264 e. The van der Waals surface area contributed by atoms with Crippen molar-refractivity contribution in [1.82, 2.24) is 10.2 Å². The number of nitrogens with one attached hydrogen (secondary N) is 1. The summed E-state index contributed by atoms with van der Waals surface area (Å²) in [6.07, 6.45) is 1.09. The summed E-state index contributed by atoms with van der Waals surface area (Å²) in [5.74, 6) is 0.124. The Bertz CT molecular complexity index is 1500. The number of sulfonamides is 1. The third kappa shape index (κ3) is 7.23.